The molecule has 0 aliphatic heterocycles. The van der Waals surface area contributed by atoms with Crippen molar-refractivity contribution in [1.29, 1.82) is 0 Å². The van der Waals surface area contributed by atoms with Gasteiger partial charge in [0, 0.05) is 13.7 Å². The van der Waals surface area contributed by atoms with Gasteiger partial charge >= 0.3 is 5.97 Å². The maximum atomic E-state index is 12.7. The highest BCUT2D eigenvalue weighted by Gasteiger charge is 2.41. The zero-order chi connectivity index (χ0) is 15.7. The van der Waals surface area contributed by atoms with E-state index in [2.05, 4.69) is 19.2 Å². The van der Waals surface area contributed by atoms with Gasteiger partial charge in [0.25, 0.3) is 0 Å². The number of methoxy groups -OCH3 is 1. The Morgan fingerprint density at radius 2 is 1.95 bits per heavy atom. The fourth-order valence-corrected chi connectivity index (χ4v) is 2.52. The fraction of sp³-hybridized carbons (Fsp3) is 0.588. The van der Waals surface area contributed by atoms with Crippen LogP contribution in [0.2, 0.25) is 0 Å². The summed E-state index contributed by atoms with van der Waals surface area (Å²) >= 11 is 0. The third-order valence-electron chi connectivity index (χ3n) is 3.34. The Bertz CT molecular complexity index is 419. The van der Waals surface area contributed by atoms with E-state index < -0.39 is 5.54 Å². The summed E-state index contributed by atoms with van der Waals surface area (Å²) in [7, 11) is 1.65. The highest BCUT2D eigenvalue weighted by Crippen LogP contribution is 2.30. The largest absolute Gasteiger partial charge is 0.464 e. The topological polar surface area (TPSA) is 47.6 Å². The predicted molar refractivity (Wildman–Crippen MR) is 84.1 cm³/mol. The molecule has 0 saturated heterocycles. The van der Waals surface area contributed by atoms with Crippen LogP contribution >= 0.6 is 0 Å². The summed E-state index contributed by atoms with van der Waals surface area (Å²) in [5, 5.41) is 3.37. The number of ether oxygens (including phenoxy) is 2. The molecule has 0 bridgehead atoms. The molecule has 0 aliphatic rings. The van der Waals surface area contributed by atoms with E-state index >= 15 is 0 Å². The van der Waals surface area contributed by atoms with E-state index in [-0.39, 0.29) is 5.97 Å². The highest BCUT2D eigenvalue weighted by molar-refractivity contribution is 5.82. The molecule has 4 heteroatoms. The molecule has 0 saturated carbocycles. The van der Waals surface area contributed by atoms with Gasteiger partial charge in [-0.2, -0.15) is 0 Å². The Hall–Kier alpha value is -1.39. The van der Waals surface area contributed by atoms with Gasteiger partial charge in [0.05, 0.1) is 13.2 Å². The Balaban J connectivity index is 3.16. The van der Waals surface area contributed by atoms with E-state index in [1.807, 2.05) is 37.3 Å². The Morgan fingerprint density at radius 1 is 1.29 bits per heavy atom. The van der Waals surface area contributed by atoms with Crippen molar-refractivity contribution in [3.8, 4) is 0 Å². The molecule has 0 radical (unpaired) electrons. The lowest BCUT2D eigenvalue weighted by atomic mass is 9.82. The molecule has 21 heavy (non-hydrogen) atoms. The van der Waals surface area contributed by atoms with Crippen molar-refractivity contribution in [3.63, 3.8) is 0 Å². The number of esters is 1. The molecule has 1 rings (SSSR count). The van der Waals surface area contributed by atoms with E-state index in [0.29, 0.717) is 32.1 Å². The van der Waals surface area contributed by atoms with Crippen LogP contribution in [0.4, 0.5) is 0 Å². The normalized spacial score (nSPS) is 14.0. The number of hydrogen-bond acceptors (Lipinski definition) is 4. The molecule has 0 aromatic heterocycles. The van der Waals surface area contributed by atoms with Crippen molar-refractivity contribution in [2.45, 2.75) is 32.7 Å². The number of carbonyl (C=O) groups excluding carboxylic acids is 1. The molecule has 1 atom stereocenters. The second-order valence-corrected chi connectivity index (χ2v) is 5.51. The SMILES string of the molecule is CCOC(=O)C(CC(C)C)(NCCOC)c1ccccc1. The van der Waals surface area contributed by atoms with Gasteiger partial charge in [-0.1, -0.05) is 44.2 Å². The van der Waals surface area contributed by atoms with Crippen LogP contribution in [0.3, 0.4) is 0 Å². The average molecular weight is 293 g/mol. The van der Waals surface area contributed by atoms with Crippen LogP contribution in [0.25, 0.3) is 0 Å². The minimum Gasteiger partial charge on any atom is -0.464 e. The van der Waals surface area contributed by atoms with Gasteiger partial charge in [0.1, 0.15) is 5.54 Å². The minimum absolute atomic E-state index is 0.221. The summed E-state index contributed by atoms with van der Waals surface area (Å²) in [4.78, 5) is 12.7. The first kappa shape index (κ1) is 17.7. The number of benzene rings is 1. The molecule has 1 aromatic carbocycles. The Morgan fingerprint density at radius 3 is 2.48 bits per heavy atom. The lowest BCUT2D eigenvalue weighted by Crippen LogP contribution is -2.52. The van der Waals surface area contributed by atoms with Crippen LogP contribution in [0.15, 0.2) is 30.3 Å². The monoisotopic (exact) mass is 293 g/mol. The summed E-state index contributed by atoms with van der Waals surface area (Å²) in [6.45, 7) is 7.56. The van der Waals surface area contributed by atoms with Crippen LogP contribution in [0, 0.1) is 5.92 Å². The van der Waals surface area contributed by atoms with E-state index in [4.69, 9.17) is 9.47 Å². The van der Waals surface area contributed by atoms with E-state index in [1.54, 1.807) is 7.11 Å². The summed E-state index contributed by atoms with van der Waals surface area (Å²) in [6.07, 6.45) is 0.680. The maximum Gasteiger partial charge on any atom is 0.331 e. The Kier molecular flexibility index (Phi) is 7.40. The van der Waals surface area contributed by atoms with Crippen molar-refractivity contribution in [3.05, 3.63) is 35.9 Å². The van der Waals surface area contributed by atoms with Crippen molar-refractivity contribution in [1.82, 2.24) is 5.32 Å². The third-order valence-corrected chi connectivity index (χ3v) is 3.34. The first-order chi connectivity index (χ1) is 10.1. The van der Waals surface area contributed by atoms with Gasteiger partial charge in [0.2, 0.25) is 0 Å². The first-order valence-corrected chi connectivity index (χ1v) is 7.53. The number of hydrogen-bond donors (Lipinski definition) is 1. The fourth-order valence-electron chi connectivity index (χ4n) is 2.52. The zero-order valence-electron chi connectivity index (χ0n) is 13.5. The third kappa shape index (κ3) is 4.83. The maximum absolute atomic E-state index is 12.7. The van der Waals surface area contributed by atoms with Crippen LogP contribution in [0.1, 0.15) is 32.8 Å². The molecule has 0 amide bonds. The number of rotatable bonds is 9. The molecular formula is C17H27NO3. The molecule has 1 N–H and O–H groups in total. The van der Waals surface area contributed by atoms with Gasteiger partial charge in [-0.05, 0) is 24.8 Å². The second kappa shape index (κ2) is 8.80. The quantitative estimate of drug-likeness (QED) is 0.562. The van der Waals surface area contributed by atoms with Gasteiger partial charge in [0.15, 0.2) is 0 Å². The molecule has 1 aromatic rings. The predicted octanol–water partition coefficient (Wildman–Crippen LogP) is 2.73. The first-order valence-electron chi connectivity index (χ1n) is 7.53. The van der Waals surface area contributed by atoms with Gasteiger partial charge < -0.3 is 9.47 Å². The summed E-state index contributed by atoms with van der Waals surface area (Å²) in [6, 6.07) is 9.78. The van der Waals surface area contributed by atoms with Crippen molar-refractivity contribution in [2.24, 2.45) is 5.92 Å². The van der Waals surface area contributed by atoms with E-state index in [1.165, 1.54) is 0 Å². The Labute approximate surface area is 127 Å². The molecule has 0 heterocycles. The van der Waals surface area contributed by atoms with E-state index in [0.717, 1.165) is 5.56 Å². The summed E-state index contributed by atoms with van der Waals surface area (Å²) in [5.41, 5.74) is 0.123. The van der Waals surface area contributed by atoms with Crippen LogP contribution in [-0.4, -0.2) is 32.8 Å². The van der Waals surface area contributed by atoms with Crippen molar-refractivity contribution < 1.29 is 14.3 Å². The standard InChI is InChI=1S/C17H27NO3/c1-5-21-16(19)17(13-14(2)3,18-11-12-20-4)15-9-7-6-8-10-15/h6-10,14,18H,5,11-13H2,1-4H3. The van der Waals surface area contributed by atoms with Crippen molar-refractivity contribution in [2.75, 3.05) is 26.9 Å². The zero-order valence-corrected chi connectivity index (χ0v) is 13.5. The minimum atomic E-state index is -0.816. The summed E-state index contributed by atoms with van der Waals surface area (Å²) in [5.74, 6) is 0.130. The molecule has 0 spiro atoms. The van der Waals surface area contributed by atoms with Gasteiger partial charge in [-0.25, -0.2) is 4.79 Å². The second-order valence-electron chi connectivity index (χ2n) is 5.51. The average Bonchev–Trinajstić information content (AvgIpc) is 2.47. The van der Waals surface area contributed by atoms with E-state index in [9.17, 15) is 4.79 Å². The summed E-state index contributed by atoms with van der Waals surface area (Å²) < 4.78 is 10.5. The van der Waals surface area contributed by atoms with Crippen LogP contribution in [-0.2, 0) is 19.8 Å². The molecule has 0 aliphatic carbocycles. The molecule has 0 fully saturated rings. The molecule has 118 valence electrons. The van der Waals surface area contributed by atoms with Crippen LogP contribution < -0.4 is 5.32 Å². The molecule has 1 unspecified atom stereocenters. The molecular weight excluding hydrogens is 266 g/mol. The van der Waals surface area contributed by atoms with Gasteiger partial charge in [-0.15, -0.1) is 0 Å². The van der Waals surface area contributed by atoms with Gasteiger partial charge in [-0.3, -0.25) is 5.32 Å². The number of nitrogens with one attached hydrogen (secondary N) is 1. The highest BCUT2D eigenvalue weighted by atomic mass is 16.5. The lowest BCUT2D eigenvalue weighted by Gasteiger charge is -2.34. The van der Waals surface area contributed by atoms with Crippen LogP contribution in [0.5, 0.6) is 0 Å². The smallest absolute Gasteiger partial charge is 0.331 e. The molecule has 4 nitrogen and oxygen atoms in total. The number of carbonyl (C=O) groups is 1. The van der Waals surface area contributed by atoms with Crippen molar-refractivity contribution >= 4 is 5.97 Å². The lowest BCUT2D eigenvalue weighted by molar-refractivity contribution is -0.152.